The zero-order chi connectivity index (χ0) is 39.3. The highest BCUT2D eigenvalue weighted by molar-refractivity contribution is 7.47. The van der Waals surface area contributed by atoms with Gasteiger partial charge in [0.25, 0.3) is 0 Å². The van der Waals surface area contributed by atoms with E-state index in [9.17, 15) is 23.8 Å². The Hall–Kier alpha value is -2.56. The molecule has 3 atom stereocenters. The molecular weight excluding hydrogens is 697 g/mol. The molecule has 4 N–H and O–H groups in total. The first kappa shape index (κ1) is 50.4. The first-order chi connectivity index (χ1) is 25.6. The van der Waals surface area contributed by atoms with Crippen LogP contribution in [0.3, 0.4) is 0 Å². The second-order valence-corrected chi connectivity index (χ2v) is 14.9. The number of carbonyl (C=O) groups is 3. The maximum absolute atomic E-state index is 12.6. The van der Waals surface area contributed by atoms with Gasteiger partial charge in [0.1, 0.15) is 12.6 Å². The van der Waals surface area contributed by atoms with Crippen LogP contribution in [0.1, 0.15) is 162 Å². The lowest BCUT2D eigenvalue weighted by atomic mass is 10.1. The molecule has 0 spiro atoms. The summed E-state index contributed by atoms with van der Waals surface area (Å²) in [7, 11) is -4.72. The van der Waals surface area contributed by atoms with Gasteiger partial charge in [-0.2, -0.15) is 0 Å². The van der Waals surface area contributed by atoms with Gasteiger partial charge < -0.3 is 25.2 Å². The third kappa shape index (κ3) is 36.2. The molecule has 0 bridgehead atoms. The van der Waals surface area contributed by atoms with E-state index in [1.165, 1.54) is 38.5 Å². The van der Waals surface area contributed by atoms with Crippen LogP contribution in [0.2, 0.25) is 0 Å². The molecule has 1 unspecified atom stereocenters. The molecule has 0 fully saturated rings. The molecule has 0 radical (unpaired) electrons. The Morgan fingerprint density at radius 3 is 1.51 bits per heavy atom. The maximum atomic E-state index is 12.6. The number of esters is 2. The number of allylic oxidation sites excluding steroid dienone is 8. The fourth-order valence-electron chi connectivity index (χ4n) is 5.06. The van der Waals surface area contributed by atoms with Crippen LogP contribution in [0.4, 0.5) is 0 Å². The zero-order valence-corrected chi connectivity index (χ0v) is 33.7. The predicted molar refractivity (Wildman–Crippen MR) is 212 cm³/mol. The molecule has 0 aromatic rings. The van der Waals surface area contributed by atoms with E-state index in [-0.39, 0.29) is 19.4 Å². The first-order valence-electron chi connectivity index (χ1n) is 20.2. The van der Waals surface area contributed by atoms with Crippen molar-refractivity contribution in [2.24, 2.45) is 5.73 Å². The summed E-state index contributed by atoms with van der Waals surface area (Å²) < 4.78 is 32.6. The fourth-order valence-corrected chi connectivity index (χ4v) is 5.84. The Morgan fingerprint density at radius 1 is 0.585 bits per heavy atom. The van der Waals surface area contributed by atoms with E-state index >= 15 is 0 Å². The number of carboxylic acids is 1. The molecule has 0 aliphatic carbocycles. The molecule has 0 aliphatic rings. The lowest BCUT2D eigenvalue weighted by Gasteiger charge is -2.20. The average Bonchev–Trinajstić information content (AvgIpc) is 3.13. The van der Waals surface area contributed by atoms with E-state index in [0.29, 0.717) is 12.8 Å². The van der Waals surface area contributed by atoms with E-state index in [0.717, 1.165) is 83.5 Å². The summed E-state index contributed by atoms with van der Waals surface area (Å²) in [6, 6.07) is -1.53. The van der Waals surface area contributed by atoms with Crippen LogP contribution < -0.4 is 5.73 Å². The predicted octanol–water partition coefficient (Wildman–Crippen LogP) is 10.2. The van der Waals surface area contributed by atoms with Crippen molar-refractivity contribution in [2.45, 2.75) is 174 Å². The number of rotatable bonds is 37. The number of nitrogens with two attached hydrogens (primary N) is 1. The van der Waals surface area contributed by atoms with Gasteiger partial charge in [0.2, 0.25) is 0 Å². The summed E-state index contributed by atoms with van der Waals surface area (Å²) in [5, 5.41) is 8.87. The Kier molecular flexibility index (Phi) is 34.7. The highest BCUT2D eigenvalue weighted by Crippen LogP contribution is 2.43. The second-order valence-electron chi connectivity index (χ2n) is 13.4. The minimum Gasteiger partial charge on any atom is -0.480 e. The van der Waals surface area contributed by atoms with Gasteiger partial charge in [0.05, 0.1) is 13.2 Å². The van der Waals surface area contributed by atoms with Crippen molar-refractivity contribution in [2.75, 3.05) is 19.8 Å². The average molecular weight is 770 g/mol. The molecule has 0 aliphatic heterocycles. The lowest BCUT2D eigenvalue weighted by molar-refractivity contribution is -0.161. The van der Waals surface area contributed by atoms with Crippen molar-refractivity contribution in [1.82, 2.24) is 0 Å². The van der Waals surface area contributed by atoms with Gasteiger partial charge in [-0.3, -0.25) is 23.4 Å². The molecule has 0 heterocycles. The molecule has 0 aromatic carbocycles. The molecule has 0 amide bonds. The molecule has 53 heavy (non-hydrogen) atoms. The number of phosphoric ester groups is 1. The summed E-state index contributed by atoms with van der Waals surface area (Å²) in [6.45, 7) is 2.70. The van der Waals surface area contributed by atoms with E-state index < -0.39 is 51.1 Å². The summed E-state index contributed by atoms with van der Waals surface area (Å²) >= 11 is 0. The number of ether oxygens (including phenoxy) is 2. The van der Waals surface area contributed by atoms with Crippen LogP contribution in [0, 0.1) is 0 Å². The molecule has 306 valence electrons. The third-order valence-corrected chi connectivity index (χ3v) is 9.25. The lowest BCUT2D eigenvalue weighted by Crippen LogP contribution is -2.34. The normalized spacial score (nSPS) is 14.3. The molecule has 0 saturated heterocycles. The summed E-state index contributed by atoms with van der Waals surface area (Å²) in [5.41, 5.74) is 5.32. The van der Waals surface area contributed by atoms with Crippen LogP contribution in [0.25, 0.3) is 0 Å². The van der Waals surface area contributed by atoms with E-state index in [1.807, 2.05) is 0 Å². The van der Waals surface area contributed by atoms with E-state index in [2.05, 4.69) is 67.0 Å². The number of unbranched alkanes of at least 4 members (excludes halogenated alkanes) is 15. The van der Waals surface area contributed by atoms with Gasteiger partial charge in [-0.1, -0.05) is 120 Å². The molecule has 0 saturated carbocycles. The Balaban J connectivity index is 4.47. The monoisotopic (exact) mass is 769 g/mol. The molecule has 12 heteroatoms. The highest BCUT2D eigenvalue weighted by atomic mass is 31.2. The van der Waals surface area contributed by atoms with Crippen LogP contribution in [0.15, 0.2) is 48.6 Å². The number of hydrogen-bond donors (Lipinski definition) is 3. The topological polar surface area (TPSA) is 172 Å². The number of hydrogen-bond acceptors (Lipinski definition) is 9. The van der Waals surface area contributed by atoms with Gasteiger partial charge in [-0.05, 0) is 77.0 Å². The minimum atomic E-state index is -4.72. The second kappa shape index (κ2) is 36.4. The maximum Gasteiger partial charge on any atom is 0.472 e. The molecule has 0 rings (SSSR count). The highest BCUT2D eigenvalue weighted by Gasteiger charge is 2.28. The SMILES string of the molecule is CCCCC/C=C\C/C=C\C/C=C\CCCCCCC(=O)O[C@H](COC(=O)CCCCCCC/C=C\CCCCC)COP(=O)(O)OC[C@H](N)C(=O)O. The van der Waals surface area contributed by atoms with Gasteiger partial charge >= 0.3 is 25.7 Å². The molecule has 11 nitrogen and oxygen atoms in total. The smallest absolute Gasteiger partial charge is 0.472 e. The quantitative estimate of drug-likeness (QED) is 0.0238. The standard InChI is InChI=1S/C41H72NO10P/c1-3-5-7-9-11-13-15-17-18-19-20-21-23-25-27-29-31-33-40(44)52-37(35-50-53(47,48)51-36-38(42)41(45)46)34-49-39(43)32-30-28-26-24-22-16-14-12-10-8-6-4-2/h11-14,17-18,20-21,37-38H,3-10,15-16,19,22-36,42H2,1-2H3,(H,45,46)(H,47,48)/b13-11-,14-12-,18-17-,21-20-/t37-,38+/m1/s1. The summed E-state index contributed by atoms with van der Waals surface area (Å²) in [6.07, 6.45) is 38.9. The van der Waals surface area contributed by atoms with Crippen molar-refractivity contribution in [1.29, 1.82) is 0 Å². The van der Waals surface area contributed by atoms with Crippen LogP contribution in [0.5, 0.6) is 0 Å². The van der Waals surface area contributed by atoms with Gasteiger partial charge in [-0.25, -0.2) is 4.57 Å². The Morgan fingerprint density at radius 2 is 1.00 bits per heavy atom. The summed E-state index contributed by atoms with van der Waals surface area (Å²) in [4.78, 5) is 45.8. The number of phosphoric acid groups is 1. The van der Waals surface area contributed by atoms with Crippen molar-refractivity contribution in [3.8, 4) is 0 Å². The Bertz CT molecular complexity index is 1090. The van der Waals surface area contributed by atoms with Gasteiger partial charge in [0, 0.05) is 12.8 Å². The number of carboxylic acid groups (broad SMARTS) is 1. The van der Waals surface area contributed by atoms with Crippen molar-refractivity contribution < 1.29 is 47.5 Å². The third-order valence-electron chi connectivity index (χ3n) is 8.30. The van der Waals surface area contributed by atoms with Crippen molar-refractivity contribution in [3.63, 3.8) is 0 Å². The molecular formula is C41H72NO10P. The van der Waals surface area contributed by atoms with E-state index in [1.54, 1.807) is 0 Å². The van der Waals surface area contributed by atoms with Crippen LogP contribution >= 0.6 is 7.82 Å². The fraction of sp³-hybridized carbons (Fsp3) is 0.732. The van der Waals surface area contributed by atoms with Gasteiger partial charge in [-0.15, -0.1) is 0 Å². The number of carbonyl (C=O) groups excluding carboxylic acids is 2. The zero-order valence-electron chi connectivity index (χ0n) is 32.8. The molecule has 0 aromatic heterocycles. The van der Waals surface area contributed by atoms with Crippen molar-refractivity contribution >= 4 is 25.7 Å². The summed E-state index contributed by atoms with van der Waals surface area (Å²) in [5.74, 6) is -2.42. The van der Waals surface area contributed by atoms with Crippen molar-refractivity contribution in [3.05, 3.63) is 48.6 Å². The van der Waals surface area contributed by atoms with Crippen LogP contribution in [-0.2, 0) is 37.5 Å². The largest absolute Gasteiger partial charge is 0.480 e. The van der Waals surface area contributed by atoms with Gasteiger partial charge in [0.15, 0.2) is 6.10 Å². The minimum absolute atomic E-state index is 0.132. The Labute approximate surface area is 320 Å². The van der Waals surface area contributed by atoms with E-state index in [4.69, 9.17) is 24.8 Å². The van der Waals surface area contributed by atoms with Crippen LogP contribution in [-0.4, -0.2) is 59.9 Å². The number of aliphatic carboxylic acids is 1. The first-order valence-corrected chi connectivity index (χ1v) is 21.7.